The SMILES string of the molecule is CC(=O)c1cc(Cl)ccc1OCc1cc(=O)n2ccccc2n1. The van der Waals surface area contributed by atoms with Crippen LogP contribution in [0, 0.1) is 0 Å². The molecule has 1 aromatic carbocycles. The first-order valence-corrected chi connectivity index (χ1v) is 7.33. The molecule has 6 heteroatoms. The third kappa shape index (κ3) is 3.24. The van der Waals surface area contributed by atoms with Crippen LogP contribution in [0.5, 0.6) is 5.75 Å². The highest BCUT2D eigenvalue weighted by molar-refractivity contribution is 6.31. The fourth-order valence-corrected chi connectivity index (χ4v) is 2.40. The number of hydrogen-bond donors (Lipinski definition) is 0. The predicted octanol–water partition coefficient (Wildman–Crippen LogP) is 3.13. The fourth-order valence-electron chi connectivity index (χ4n) is 2.23. The van der Waals surface area contributed by atoms with Gasteiger partial charge < -0.3 is 4.74 Å². The van der Waals surface area contributed by atoms with Gasteiger partial charge in [0.1, 0.15) is 18.0 Å². The number of rotatable bonds is 4. The van der Waals surface area contributed by atoms with Crippen LogP contribution in [0.2, 0.25) is 5.02 Å². The van der Waals surface area contributed by atoms with Gasteiger partial charge >= 0.3 is 0 Å². The van der Waals surface area contributed by atoms with Gasteiger partial charge in [0, 0.05) is 17.3 Å². The van der Waals surface area contributed by atoms with E-state index in [1.165, 1.54) is 17.4 Å². The maximum atomic E-state index is 12.0. The highest BCUT2D eigenvalue weighted by Gasteiger charge is 2.10. The lowest BCUT2D eigenvalue weighted by molar-refractivity contribution is 0.101. The number of benzene rings is 1. The van der Waals surface area contributed by atoms with Crippen molar-refractivity contribution in [2.24, 2.45) is 0 Å². The van der Waals surface area contributed by atoms with Crippen LogP contribution < -0.4 is 10.3 Å². The number of Topliss-reactive ketones (excluding diaryl/α,β-unsaturated/α-hetero) is 1. The Morgan fingerprint density at radius 3 is 2.87 bits per heavy atom. The van der Waals surface area contributed by atoms with E-state index in [0.717, 1.165) is 0 Å². The molecular formula is C17H13ClN2O3. The van der Waals surface area contributed by atoms with Gasteiger partial charge in [-0.2, -0.15) is 0 Å². The molecule has 0 aliphatic rings. The third-order valence-corrected chi connectivity index (χ3v) is 3.56. The van der Waals surface area contributed by atoms with Crippen molar-refractivity contribution < 1.29 is 9.53 Å². The number of carbonyl (C=O) groups is 1. The molecule has 3 rings (SSSR count). The molecule has 2 heterocycles. The zero-order chi connectivity index (χ0) is 16.4. The van der Waals surface area contributed by atoms with Crippen LogP contribution in [0.3, 0.4) is 0 Å². The number of hydrogen-bond acceptors (Lipinski definition) is 4. The molecular weight excluding hydrogens is 316 g/mol. The first-order chi connectivity index (χ1) is 11.0. The molecule has 5 nitrogen and oxygen atoms in total. The molecule has 116 valence electrons. The lowest BCUT2D eigenvalue weighted by Gasteiger charge is -2.10. The van der Waals surface area contributed by atoms with E-state index in [2.05, 4.69) is 4.98 Å². The molecule has 2 aromatic heterocycles. The van der Waals surface area contributed by atoms with Crippen molar-refractivity contribution in [1.29, 1.82) is 0 Å². The van der Waals surface area contributed by atoms with Crippen LogP contribution in [0.15, 0.2) is 53.5 Å². The minimum atomic E-state index is -0.183. The van der Waals surface area contributed by atoms with Gasteiger partial charge in [0.25, 0.3) is 5.56 Å². The summed E-state index contributed by atoms with van der Waals surface area (Å²) in [6, 6.07) is 11.6. The van der Waals surface area contributed by atoms with E-state index in [0.29, 0.717) is 27.7 Å². The van der Waals surface area contributed by atoms with Gasteiger partial charge in [0.15, 0.2) is 5.78 Å². The zero-order valence-electron chi connectivity index (χ0n) is 12.3. The molecule has 0 fully saturated rings. The summed E-state index contributed by atoms with van der Waals surface area (Å²) in [5, 5.41) is 0.463. The molecule has 0 aliphatic heterocycles. The smallest absolute Gasteiger partial charge is 0.258 e. The summed E-state index contributed by atoms with van der Waals surface area (Å²) in [5.74, 6) is 0.269. The largest absolute Gasteiger partial charge is 0.487 e. The molecule has 0 spiro atoms. The predicted molar refractivity (Wildman–Crippen MR) is 87.3 cm³/mol. The summed E-state index contributed by atoms with van der Waals surface area (Å²) in [7, 11) is 0. The van der Waals surface area contributed by atoms with E-state index >= 15 is 0 Å². The molecule has 0 atom stereocenters. The molecule has 0 saturated carbocycles. The van der Waals surface area contributed by atoms with E-state index in [-0.39, 0.29) is 17.9 Å². The summed E-state index contributed by atoms with van der Waals surface area (Å²) < 4.78 is 7.10. The quantitative estimate of drug-likeness (QED) is 0.690. The zero-order valence-corrected chi connectivity index (χ0v) is 13.1. The van der Waals surface area contributed by atoms with E-state index in [1.807, 2.05) is 0 Å². The van der Waals surface area contributed by atoms with Crippen molar-refractivity contribution in [2.45, 2.75) is 13.5 Å². The summed E-state index contributed by atoms with van der Waals surface area (Å²) in [6.07, 6.45) is 1.66. The molecule has 23 heavy (non-hydrogen) atoms. The minimum Gasteiger partial charge on any atom is -0.487 e. The second-order valence-corrected chi connectivity index (χ2v) is 5.44. The normalized spacial score (nSPS) is 10.7. The second kappa shape index (κ2) is 6.22. The van der Waals surface area contributed by atoms with Crippen molar-refractivity contribution in [2.75, 3.05) is 0 Å². The number of aromatic nitrogens is 2. The molecule has 3 aromatic rings. The van der Waals surface area contributed by atoms with Crippen molar-refractivity contribution in [3.05, 3.63) is 75.3 Å². The maximum absolute atomic E-state index is 12.0. The number of carbonyl (C=O) groups excluding carboxylic acids is 1. The molecule has 0 saturated heterocycles. The van der Waals surface area contributed by atoms with Crippen LogP contribution in [-0.2, 0) is 6.61 Å². The van der Waals surface area contributed by atoms with E-state index in [1.54, 1.807) is 42.6 Å². The van der Waals surface area contributed by atoms with E-state index in [4.69, 9.17) is 16.3 Å². The van der Waals surface area contributed by atoms with E-state index in [9.17, 15) is 9.59 Å². The average molecular weight is 329 g/mol. The second-order valence-electron chi connectivity index (χ2n) is 5.00. The Morgan fingerprint density at radius 1 is 1.26 bits per heavy atom. The van der Waals surface area contributed by atoms with E-state index < -0.39 is 0 Å². The van der Waals surface area contributed by atoms with Gasteiger partial charge in [0.05, 0.1) is 11.3 Å². The van der Waals surface area contributed by atoms with Crippen molar-refractivity contribution >= 4 is 23.0 Å². The fraction of sp³-hybridized carbons (Fsp3) is 0.118. The minimum absolute atomic E-state index is 0.0859. The Morgan fingerprint density at radius 2 is 2.09 bits per heavy atom. The Hall–Kier alpha value is -2.66. The lowest BCUT2D eigenvalue weighted by atomic mass is 10.1. The van der Waals surface area contributed by atoms with Gasteiger partial charge in [-0.25, -0.2) is 4.98 Å². The van der Waals surface area contributed by atoms with Crippen LogP contribution in [-0.4, -0.2) is 15.2 Å². The van der Waals surface area contributed by atoms with Crippen LogP contribution in [0.4, 0.5) is 0 Å². The highest BCUT2D eigenvalue weighted by atomic mass is 35.5. The number of fused-ring (bicyclic) bond motifs is 1. The third-order valence-electron chi connectivity index (χ3n) is 3.32. The molecule has 0 unspecified atom stereocenters. The lowest BCUT2D eigenvalue weighted by Crippen LogP contribution is -2.16. The highest BCUT2D eigenvalue weighted by Crippen LogP contribution is 2.24. The van der Waals surface area contributed by atoms with Crippen molar-refractivity contribution in [1.82, 2.24) is 9.38 Å². The maximum Gasteiger partial charge on any atom is 0.258 e. The summed E-state index contributed by atoms with van der Waals surface area (Å²) in [4.78, 5) is 28.0. The first kappa shape index (κ1) is 15.2. The Kier molecular flexibility index (Phi) is 4.12. The number of nitrogens with zero attached hydrogens (tertiary/aromatic N) is 2. The van der Waals surface area contributed by atoms with Crippen LogP contribution in [0.1, 0.15) is 23.0 Å². The number of pyridine rings is 1. The summed E-state index contributed by atoms with van der Waals surface area (Å²) >= 11 is 5.90. The van der Waals surface area contributed by atoms with Gasteiger partial charge in [-0.05, 0) is 37.3 Å². The van der Waals surface area contributed by atoms with Gasteiger partial charge in [0.2, 0.25) is 0 Å². The standard InChI is InChI=1S/C17H13ClN2O3/c1-11(21)14-8-12(18)5-6-15(14)23-10-13-9-17(22)20-7-3-2-4-16(20)19-13/h2-9H,10H2,1H3. The number of ketones is 1. The Balaban J connectivity index is 1.90. The van der Waals surface area contributed by atoms with Gasteiger partial charge in [-0.3, -0.25) is 14.0 Å². The van der Waals surface area contributed by atoms with Crippen LogP contribution >= 0.6 is 11.6 Å². The molecule has 0 amide bonds. The Bertz CT molecular complexity index is 950. The molecule has 0 N–H and O–H groups in total. The molecule has 0 bridgehead atoms. The number of ether oxygens (including phenoxy) is 1. The molecule has 0 radical (unpaired) electrons. The summed E-state index contributed by atoms with van der Waals surface area (Å²) in [5.41, 5.74) is 1.25. The monoisotopic (exact) mass is 328 g/mol. The molecule has 0 aliphatic carbocycles. The van der Waals surface area contributed by atoms with Crippen molar-refractivity contribution in [3.8, 4) is 5.75 Å². The Labute approximate surface area is 137 Å². The van der Waals surface area contributed by atoms with Gasteiger partial charge in [-0.1, -0.05) is 17.7 Å². The van der Waals surface area contributed by atoms with Gasteiger partial charge in [-0.15, -0.1) is 0 Å². The average Bonchev–Trinajstić information content (AvgIpc) is 2.53. The first-order valence-electron chi connectivity index (χ1n) is 6.95. The van der Waals surface area contributed by atoms with Crippen LogP contribution in [0.25, 0.3) is 5.65 Å². The summed E-state index contributed by atoms with van der Waals surface area (Å²) in [6.45, 7) is 1.53. The van der Waals surface area contributed by atoms with Crippen molar-refractivity contribution in [3.63, 3.8) is 0 Å². The topological polar surface area (TPSA) is 60.7 Å². The number of halogens is 1.